The molecule has 1 fully saturated rings. The largest absolute Gasteiger partial charge is 0.378 e. The summed E-state index contributed by atoms with van der Waals surface area (Å²) >= 11 is 0. The second kappa shape index (κ2) is 6.30. The molecule has 0 spiro atoms. The fraction of sp³-hybridized carbons (Fsp3) is 0.267. The Balaban J connectivity index is 1.57. The molecule has 0 bridgehead atoms. The Morgan fingerprint density at radius 2 is 1.92 bits per heavy atom. The molecule has 0 aliphatic carbocycles. The van der Waals surface area contributed by atoms with Crippen molar-refractivity contribution in [3.8, 4) is 0 Å². The lowest BCUT2D eigenvalue weighted by atomic mass is 10.3. The third-order valence-corrected chi connectivity index (χ3v) is 5.29. The Bertz CT molecular complexity index is 981. The molecule has 4 rings (SSSR count). The quantitative estimate of drug-likeness (QED) is 0.739. The SMILES string of the molecule is O=S(=O)(Nc1ccc(N2CCOCC2)cn1)c1cccc2nonc12. The predicted molar refractivity (Wildman–Crippen MR) is 89.9 cm³/mol. The van der Waals surface area contributed by atoms with Crippen LogP contribution in [0.25, 0.3) is 11.0 Å². The summed E-state index contributed by atoms with van der Waals surface area (Å²) in [6.07, 6.45) is 1.64. The standard InChI is InChI=1S/C15H15N5O4S/c21-25(22,13-3-1-2-12-15(13)18-24-17-12)19-14-5-4-11(10-16-14)20-6-8-23-9-7-20/h1-5,10H,6-9H2,(H,16,19). The van der Waals surface area contributed by atoms with Crippen LogP contribution in [0.15, 0.2) is 46.1 Å². The van der Waals surface area contributed by atoms with E-state index < -0.39 is 10.0 Å². The number of rotatable bonds is 4. The number of sulfonamides is 1. The van der Waals surface area contributed by atoms with Crippen molar-refractivity contribution in [2.45, 2.75) is 4.90 Å². The van der Waals surface area contributed by atoms with Crippen molar-refractivity contribution >= 4 is 32.6 Å². The molecule has 3 aromatic rings. The molecule has 130 valence electrons. The third-order valence-electron chi connectivity index (χ3n) is 3.90. The molecule has 0 unspecified atom stereocenters. The normalized spacial score (nSPS) is 15.4. The van der Waals surface area contributed by atoms with Crippen LogP contribution in [-0.4, -0.2) is 50.0 Å². The Labute approximate surface area is 143 Å². The zero-order chi connectivity index (χ0) is 17.3. The van der Waals surface area contributed by atoms with Crippen LogP contribution in [0.5, 0.6) is 0 Å². The van der Waals surface area contributed by atoms with Gasteiger partial charge in [0.1, 0.15) is 16.2 Å². The van der Waals surface area contributed by atoms with E-state index in [0.717, 1.165) is 18.8 Å². The van der Waals surface area contributed by atoms with Gasteiger partial charge in [0.05, 0.1) is 25.1 Å². The highest BCUT2D eigenvalue weighted by atomic mass is 32.2. The van der Waals surface area contributed by atoms with Crippen LogP contribution in [0.2, 0.25) is 0 Å². The van der Waals surface area contributed by atoms with Crippen molar-refractivity contribution in [1.82, 2.24) is 15.3 Å². The fourth-order valence-corrected chi connectivity index (χ4v) is 3.81. The number of ether oxygens (including phenoxy) is 1. The predicted octanol–water partition coefficient (Wildman–Crippen LogP) is 1.26. The minimum absolute atomic E-state index is 0.00898. The molecule has 0 amide bonds. The van der Waals surface area contributed by atoms with Gasteiger partial charge in [0.2, 0.25) is 0 Å². The molecule has 3 heterocycles. The number of nitrogens with zero attached hydrogens (tertiary/aromatic N) is 4. The smallest absolute Gasteiger partial charge is 0.265 e. The van der Waals surface area contributed by atoms with E-state index in [4.69, 9.17) is 4.74 Å². The van der Waals surface area contributed by atoms with E-state index in [-0.39, 0.29) is 16.2 Å². The van der Waals surface area contributed by atoms with Gasteiger partial charge in [-0.1, -0.05) is 6.07 Å². The van der Waals surface area contributed by atoms with E-state index in [1.54, 1.807) is 24.4 Å². The maximum Gasteiger partial charge on any atom is 0.265 e. The van der Waals surface area contributed by atoms with Gasteiger partial charge in [-0.2, -0.15) is 0 Å². The van der Waals surface area contributed by atoms with Crippen molar-refractivity contribution < 1.29 is 17.8 Å². The third kappa shape index (κ3) is 3.13. The molecule has 0 atom stereocenters. The van der Waals surface area contributed by atoms with Gasteiger partial charge in [-0.25, -0.2) is 18.0 Å². The first-order valence-corrected chi connectivity index (χ1v) is 9.15. The first kappa shape index (κ1) is 15.8. The van der Waals surface area contributed by atoms with Crippen LogP contribution in [-0.2, 0) is 14.8 Å². The monoisotopic (exact) mass is 361 g/mol. The molecule has 0 saturated carbocycles. The lowest BCUT2D eigenvalue weighted by molar-refractivity contribution is 0.122. The number of anilines is 2. The highest BCUT2D eigenvalue weighted by Crippen LogP contribution is 2.23. The Morgan fingerprint density at radius 3 is 2.68 bits per heavy atom. The van der Waals surface area contributed by atoms with Gasteiger partial charge in [0, 0.05) is 13.1 Å². The number of aromatic nitrogens is 3. The highest BCUT2D eigenvalue weighted by Gasteiger charge is 2.21. The highest BCUT2D eigenvalue weighted by molar-refractivity contribution is 7.93. The minimum Gasteiger partial charge on any atom is -0.378 e. The summed E-state index contributed by atoms with van der Waals surface area (Å²) in [4.78, 5) is 6.33. The van der Waals surface area contributed by atoms with Gasteiger partial charge in [0.25, 0.3) is 10.0 Å². The van der Waals surface area contributed by atoms with Gasteiger partial charge in [-0.05, 0) is 34.6 Å². The number of hydrogen-bond donors (Lipinski definition) is 1. The molecule has 9 nitrogen and oxygen atoms in total. The van der Waals surface area contributed by atoms with Gasteiger partial charge < -0.3 is 9.64 Å². The van der Waals surface area contributed by atoms with Crippen LogP contribution in [0, 0.1) is 0 Å². The Hall–Kier alpha value is -2.72. The summed E-state index contributed by atoms with van der Waals surface area (Å²) in [6.45, 7) is 2.91. The molecular weight excluding hydrogens is 346 g/mol. The van der Waals surface area contributed by atoms with Crippen molar-refractivity contribution in [2.75, 3.05) is 35.9 Å². The summed E-state index contributed by atoms with van der Waals surface area (Å²) < 4.78 is 37.6. The number of fused-ring (bicyclic) bond motifs is 1. The molecule has 1 N–H and O–H groups in total. The first-order chi connectivity index (χ1) is 12.1. The number of pyridine rings is 1. The van der Waals surface area contributed by atoms with Gasteiger partial charge >= 0.3 is 0 Å². The molecular formula is C15H15N5O4S. The van der Waals surface area contributed by atoms with Gasteiger partial charge in [0.15, 0.2) is 5.52 Å². The molecule has 2 aromatic heterocycles. The second-order valence-electron chi connectivity index (χ2n) is 5.49. The van der Waals surface area contributed by atoms with Crippen molar-refractivity contribution in [1.29, 1.82) is 0 Å². The average Bonchev–Trinajstić information content (AvgIpc) is 3.11. The van der Waals surface area contributed by atoms with Gasteiger partial charge in [-0.15, -0.1) is 0 Å². The summed E-state index contributed by atoms with van der Waals surface area (Å²) in [5, 5.41) is 7.31. The number of benzene rings is 1. The maximum absolute atomic E-state index is 12.6. The van der Waals surface area contributed by atoms with E-state index in [1.807, 2.05) is 6.07 Å². The Morgan fingerprint density at radius 1 is 1.08 bits per heavy atom. The number of hydrogen-bond acceptors (Lipinski definition) is 8. The topological polar surface area (TPSA) is 110 Å². The number of morpholine rings is 1. The summed E-state index contributed by atoms with van der Waals surface area (Å²) in [6, 6.07) is 8.10. The summed E-state index contributed by atoms with van der Waals surface area (Å²) in [5.41, 5.74) is 1.48. The van der Waals surface area contributed by atoms with Crippen LogP contribution in [0.1, 0.15) is 0 Å². The van der Waals surface area contributed by atoms with Crippen LogP contribution >= 0.6 is 0 Å². The van der Waals surface area contributed by atoms with Crippen molar-refractivity contribution in [3.05, 3.63) is 36.5 Å². The van der Waals surface area contributed by atoms with Crippen molar-refractivity contribution in [3.63, 3.8) is 0 Å². The van der Waals surface area contributed by atoms with Crippen LogP contribution < -0.4 is 9.62 Å². The molecule has 10 heteroatoms. The number of nitrogens with one attached hydrogen (secondary N) is 1. The van der Waals surface area contributed by atoms with E-state index in [0.29, 0.717) is 18.7 Å². The molecule has 1 saturated heterocycles. The van der Waals surface area contributed by atoms with E-state index >= 15 is 0 Å². The van der Waals surface area contributed by atoms with Gasteiger partial charge in [-0.3, -0.25) is 4.72 Å². The zero-order valence-corrected chi connectivity index (χ0v) is 13.9. The van der Waals surface area contributed by atoms with Crippen LogP contribution in [0.3, 0.4) is 0 Å². The zero-order valence-electron chi connectivity index (χ0n) is 13.1. The maximum atomic E-state index is 12.6. The fourth-order valence-electron chi connectivity index (χ4n) is 2.65. The lowest BCUT2D eigenvalue weighted by Crippen LogP contribution is -2.36. The lowest BCUT2D eigenvalue weighted by Gasteiger charge is -2.28. The average molecular weight is 361 g/mol. The first-order valence-electron chi connectivity index (χ1n) is 7.66. The molecule has 1 aromatic carbocycles. The molecule has 25 heavy (non-hydrogen) atoms. The van der Waals surface area contributed by atoms with E-state index in [1.165, 1.54) is 6.07 Å². The minimum atomic E-state index is -3.86. The molecule has 1 aliphatic rings. The Kier molecular flexibility index (Phi) is 3.98. The summed E-state index contributed by atoms with van der Waals surface area (Å²) in [5.74, 6) is 0.227. The van der Waals surface area contributed by atoms with E-state index in [2.05, 4.69) is 29.5 Å². The molecule has 0 radical (unpaired) electrons. The second-order valence-corrected chi connectivity index (χ2v) is 7.15. The molecule has 1 aliphatic heterocycles. The summed E-state index contributed by atoms with van der Waals surface area (Å²) in [7, 11) is -3.86. The van der Waals surface area contributed by atoms with Crippen LogP contribution in [0.4, 0.5) is 11.5 Å². The van der Waals surface area contributed by atoms with E-state index in [9.17, 15) is 8.42 Å². The van der Waals surface area contributed by atoms with Crippen molar-refractivity contribution in [2.24, 2.45) is 0 Å².